The molecule has 39 heavy (non-hydrogen) atoms. The van der Waals surface area contributed by atoms with Gasteiger partial charge in [-0.1, -0.05) is 29.8 Å². The molecule has 0 bridgehead atoms. The number of hydrogen-bond donors (Lipinski definition) is 4. The number of nitrogens with one attached hydrogen (secondary N) is 2. The van der Waals surface area contributed by atoms with Gasteiger partial charge in [0, 0.05) is 16.8 Å². The maximum Gasteiger partial charge on any atom is 0.319 e. The van der Waals surface area contributed by atoms with E-state index >= 15 is 0 Å². The molecule has 0 saturated heterocycles. The zero-order valence-electron chi connectivity index (χ0n) is 22.2. The van der Waals surface area contributed by atoms with E-state index in [9.17, 15) is 24.6 Å². The molecule has 1 atom stereocenters. The third kappa shape index (κ3) is 7.23. The molecule has 0 spiro atoms. The molecular weight excluding hydrogens is 526 g/mol. The lowest BCUT2D eigenvalue weighted by Gasteiger charge is -2.20. The summed E-state index contributed by atoms with van der Waals surface area (Å²) in [5, 5.41) is 25.5. The van der Waals surface area contributed by atoms with E-state index in [1.165, 1.54) is 10.8 Å². The fraction of sp³-hybridized carbons (Fsp3) is 0.321. The number of amides is 2. The number of urea groups is 1. The Morgan fingerprint density at radius 1 is 1.05 bits per heavy atom. The van der Waals surface area contributed by atoms with Crippen LogP contribution in [0.25, 0.3) is 0 Å². The number of benzene rings is 2. The molecule has 4 N–H and O–H groups in total. The molecule has 0 saturated carbocycles. The van der Waals surface area contributed by atoms with Gasteiger partial charge in [0.05, 0.1) is 32.2 Å². The first-order valence-electron chi connectivity index (χ1n) is 12.4. The Kier molecular flexibility index (Phi) is 9.84. The molecule has 0 fully saturated rings. The average molecular weight is 558 g/mol. The van der Waals surface area contributed by atoms with Crippen molar-refractivity contribution >= 4 is 29.3 Å². The van der Waals surface area contributed by atoms with Crippen LogP contribution in [0.1, 0.15) is 48.6 Å². The molecule has 2 amide bonds. The normalized spacial score (nSPS) is 11.5. The minimum atomic E-state index is -1.15. The Bertz CT molecular complexity index is 1400. The van der Waals surface area contributed by atoms with Gasteiger partial charge in [-0.2, -0.15) is 0 Å². The van der Waals surface area contributed by atoms with Gasteiger partial charge in [0.2, 0.25) is 0 Å². The quantitative estimate of drug-likeness (QED) is 0.260. The van der Waals surface area contributed by atoms with Gasteiger partial charge < -0.3 is 34.9 Å². The van der Waals surface area contributed by atoms with E-state index < -0.39 is 35.8 Å². The zero-order chi connectivity index (χ0) is 28.7. The Labute approximate surface area is 231 Å². The van der Waals surface area contributed by atoms with E-state index in [2.05, 4.69) is 10.6 Å². The second-order valence-electron chi connectivity index (χ2n) is 8.83. The van der Waals surface area contributed by atoms with Crippen LogP contribution in [-0.2, 0) is 11.3 Å². The third-order valence-electron chi connectivity index (χ3n) is 6.01. The molecule has 0 unspecified atom stereocenters. The molecule has 0 aliphatic rings. The molecule has 2 aromatic carbocycles. The van der Waals surface area contributed by atoms with Gasteiger partial charge >= 0.3 is 12.0 Å². The van der Waals surface area contributed by atoms with Crippen molar-refractivity contribution < 1.29 is 29.3 Å². The number of aryl methyl sites for hydroxylation is 2. The van der Waals surface area contributed by atoms with E-state index in [1.807, 2.05) is 19.9 Å². The number of pyridine rings is 1. The van der Waals surface area contributed by atoms with Gasteiger partial charge in [0.15, 0.2) is 17.2 Å². The minimum Gasteiger partial charge on any atom is -0.505 e. The summed E-state index contributed by atoms with van der Waals surface area (Å²) < 4.78 is 12.5. The van der Waals surface area contributed by atoms with Crippen LogP contribution in [0.2, 0.25) is 5.02 Å². The first kappa shape index (κ1) is 29.4. The lowest BCUT2D eigenvalue weighted by atomic mass is 10.0. The molecule has 1 aromatic heterocycles. The molecule has 0 aliphatic carbocycles. The van der Waals surface area contributed by atoms with Gasteiger partial charge in [-0.25, -0.2) is 4.79 Å². The van der Waals surface area contributed by atoms with E-state index in [0.29, 0.717) is 40.9 Å². The van der Waals surface area contributed by atoms with Crippen LogP contribution in [0, 0.1) is 13.8 Å². The number of aliphatic carboxylic acids is 1. The molecule has 11 heteroatoms. The summed E-state index contributed by atoms with van der Waals surface area (Å²) in [5.41, 5.74) is 1.42. The summed E-state index contributed by atoms with van der Waals surface area (Å²) in [6, 6.07) is 8.42. The molecular formula is C28H32ClN3O7. The van der Waals surface area contributed by atoms with Crippen molar-refractivity contribution in [3.05, 3.63) is 80.2 Å². The number of aromatic hydroxyl groups is 1. The largest absolute Gasteiger partial charge is 0.505 e. The van der Waals surface area contributed by atoms with Crippen LogP contribution in [0.3, 0.4) is 0 Å². The average Bonchev–Trinajstić information content (AvgIpc) is 2.87. The predicted molar refractivity (Wildman–Crippen MR) is 148 cm³/mol. The third-order valence-corrected chi connectivity index (χ3v) is 6.36. The molecule has 208 valence electrons. The van der Waals surface area contributed by atoms with Gasteiger partial charge in [-0.05, 0) is 62.6 Å². The van der Waals surface area contributed by atoms with Crippen molar-refractivity contribution in [2.45, 2.75) is 46.7 Å². The summed E-state index contributed by atoms with van der Waals surface area (Å²) in [7, 11) is 0. The standard InChI is InChI=1S/C28H32ClN3O7/c1-5-38-22-11-10-18(12-23(22)39-6-2)21(13-24(33)34)30-28(37)31-25-26(35)17(4)14-32(27(25)36)15-19-16(3)8-7-9-20(19)29/h7-12,14,21,35H,5-6,13,15H2,1-4H3,(H,33,34)(H2,30,31,37)/t21-/m0/s1. The lowest BCUT2D eigenvalue weighted by molar-refractivity contribution is -0.137. The fourth-order valence-electron chi connectivity index (χ4n) is 4.08. The fourth-order valence-corrected chi connectivity index (χ4v) is 4.36. The number of nitrogens with zero attached hydrogens (tertiary/aromatic N) is 1. The number of anilines is 1. The Morgan fingerprint density at radius 3 is 2.38 bits per heavy atom. The number of hydrogen-bond acceptors (Lipinski definition) is 6. The maximum atomic E-state index is 13.2. The summed E-state index contributed by atoms with van der Waals surface area (Å²) in [4.78, 5) is 37.8. The Morgan fingerprint density at radius 2 is 1.74 bits per heavy atom. The molecule has 0 radical (unpaired) electrons. The summed E-state index contributed by atoms with van der Waals surface area (Å²) in [6.45, 7) is 7.97. The minimum absolute atomic E-state index is 0.121. The first-order valence-corrected chi connectivity index (χ1v) is 12.8. The van der Waals surface area contributed by atoms with Crippen LogP contribution in [0.15, 0.2) is 47.4 Å². The molecule has 0 aliphatic heterocycles. The number of carbonyl (C=O) groups is 2. The van der Waals surface area contributed by atoms with Crippen LogP contribution >= 0.6 is 11.6 Å². The number of rotatable bonds is 11. The van der Waals surface area contributed by atoms with Crippen molar-refractivity contribution in [1.29, 1.82) is 0 Å². The predicted octanol–water partition coefficient (Wildman–Crippen LogP) is 5.01. The summed E-state index contributed by atoms with van der Waals surface area (Å²) in [5.74, 6) is -0.649. The number of carboxylic acids is 1. The number of carbonyl (C=O) groups excluding carboxylic acids is 1. The van der Waals surface area contributed by atoms with Crippen molar-refractivity contribution in [1.82, 2.24) is 9.88 Å². The van der Waals surface area contributed by atoms with Crippen LogP contribution in [0.5, 0.6) is 17.2 Å². The SMILES string of the molecule is CCOc1ccc([C@H](CC(=O)O)NC(=O)Nc2c(O)c(C)cn(Cc3c(C)cccc3Cl)c2=O)cc1OCC. The molecule has 3 aromatic rings. The highest BCUT2D eigenvalue weighted by Gasteiger charge is 2.23. The Hall–Kier alpha value is -4.18. The number of aromatic nitrogens is 1. The van der Waals surface area contributed by atoms with Crippen molar-refractivity contribution in [3.8, 4) is 17.2 Å². The lowest BCUT2D eigenvalue weighted by Crippen LogP contribution is -2.36. The number of ether oxygens (including phenoxy) is 2. The van der Waals surface area contributed by atoms with Crippen LogP contribution in [0.4, 0.5) is 10.5 Å². The van der Waals surface area contributed by atoms with Crippen molar-refractivity contribution in [2.75, 3.05) is 18.5 Å². The maximum absolute atomic E-state index is 13.2. The van der Waals surface area contributed by atoms with E-state index in [1.54, 1.807) is 44.2 Å². The topological polar surface area (TPSA) is 139 Å². The van der Waals surface area contributed by atoms with Gasteiger partial charge in [-0.15, -0.1) is 0 Å². The van der Waals surface area contributed by atoms with Gasteiger partial charge in [0.25, 0.3) is 5.56 Å². The zero-order valence-corrected chi connectivity index (χ0v) is 23.0. The van der Waals surface area contributed by atoms with Gasteiger partial charge in [-0.3, -0.25) is 9.59 Å². The Balaban J connectivity index is 1.90. The second-order valence-corrected chi connectivity index (χ2v) is 9.23. The van der Waals surface area contributed by atoms with Crippen LogP contribution in [-0.4, -0.2) is 40.0 Å². The van der Waals surface area contributed by atoms with Crippen molar-refractivity contribution in [3.63, 3.8) is 0 Å². The molecule has 1 heterocycles. The summed E-state index contributed by atoms with van der Waals surface area (Å²) in [6.07, 6.45) is 1.04. The van der Waals surface area contributed by atoms with Crippen LogP contribution < -0.4 is 25.7 Å². The second kappa shape index (κ2) is 13.1. The molecule has 3 rings (SSSR count). The monoisotopic (exact) mass is 557 g/mol. The number of halogens is 1. The summed E-state index contributed by atoms with van der Waals surface area (Å²) >= 11 is 6.33. The highest BCUT2D eigenvalue weighted by atomic mass is 35.5. The van der Waals surface area contributed by atoms with E-state index in [4.69, 9.17) is 21.1 Å². The van der Waals surface area contributed by atoms with E-state index in [0.717, 1.165) is 11.1 Å². The van der Waals surface area contributed by atoms with Crippen molar-refractivity contribution in [2.24, 2.45) is 0 Å². The smallest absolute Gasteiger partial charge is 0.319 e. The number of carboxylic acid groups (broad SMARTS) is 1. The van der Waals surface area contributed by atoms with Gasteiger partial charge in [0.1, 0.15) is 5.75 Å². The van der Waals surface area contributed by atoms with E-state index in [-0.39, 0.29) is 12.2 Å². The highest BCUT2D eigenvalue weighted by Crippen LogP contribution is 2.32. The highest BCUT2D eigenvalue weighted by molar-refractivity contribution is 6.31. The molecule has 10 nitrogen and oxygen atoms in total. The first-order chi connectivity index (χ1) is 18.5.